The minimum absolute atomic E-state index is 0.120. The fourth-order valence-electron chi connectivity index (χ4n) is 2.95. The first-order valence-corrected chi connectivity index (χ1v) is 7.90. The maximum atomic E-state index is 12.8. The minimum atomic E-state index is 0.120. The fourth-order valence-corrected chi connectivity index (χ4v) is 2.95. The average Bonchev–Trinajstić information content (AvgIpc) is 2.54. The van der Waals surface area contributed by atoms with Crippen molar-refractivity contribution < 1.29 is 9.53 Å². The number of ether oxygens (including phenoxy) is 1. The van der Waals surface area contributed by atoms with E-state index in [1.165, 1.54) is 0 Å². The highest BCUT2D eigenvalue weighted by molar-refractivity contribution is 5.79. The molecule has 1 heterocycles. The van der Waals surface area contributed by atoms with Crippen molar-refractivity contribution in [3.8, 4) is 5.75 Å². The summed E-state index contributed by atoms with van der Waals surface area (Å²) in [5.74, 6) is 1.19. The molecule has 1 saturated heterocycles. The summed E-state index contributed by atoms with van der Waals surface area (Å²) < 4.78 is 5.17. The van der Waals surface area contributed by atoms with E-state index in [4.69, 9.17) is 4.74 Å². The number of hydrogen-bond acceptors (Lipinski definition) is 3. The number of amides is 1. The van der Waals surface area contributed by atoms with E-state index in [0.717, 1.165) is 30.7 Å². The number of nitrogens with one attached hydrogen (secondary N) is 1. The van der Waals surface area contributed by atoms with Crippen LogP contribution in [0.2, 0.25) is 0 Å². The number of carbonyl (C=O) groups excluding carboxylic acids is 1. The second kappa shape index (κ2) is 7.99. The Morgan fingerprint density at radius 1 is 1.45 bits per heavy atom. The molecule has 0 aromatic heterocycles. The van der Waals surface area contributed by atoms with Gasteiger partial charge in [-0.3, -0.25) is 4.79 Å². The van der Waals surface area contributed by atoms with Gasteiger partial charge in [-0.15, -0.1) is 6.58 Å². The molecule has 0 radical (unpaired) electrons. The SMILES string of the molecule is C=CCN(Cc1ccc(OC)cc1)C(=O)[C@H]1CCN[C@@H](C)C1. The van der Waals surface area contributed by atoms with Gasteiger partial charge in [-0.2, -0.15) is 0 Å². The highest BCUT2D eigenvalue weighted by Crippen LogP contribution is 2.21. The van der Waals surface area contributed by atoms with Crippen LogP contribution < -0.4 is 10.1 Å². The van der Waals surface area contributed by atoms with Crippen molar-refractivity contribution in [1.82, 2.24) is 10.2 Å². The minimum Gasteiger partial charge on any atom is -0.497 e. The highest BCUT2D eigenvalue weighted by Gasteiger charge is 2.28. The number of rotatable bonds is 6. The lowest BCUT2D eigenvalue weighted by molar-refractivity contribution is -0.136. The highest BCUT2D eigenvalue weighted by atomic mass is 16.5. The van der Waals surface area contributed by atoms with Gasteiger partial charge in [-0.1, -0.05) is 18.2 Å². The summed E-state index contributed by atoms with van der Waals surface area (Å²) in [5.41, 5.74) is 1.11. The van der Waals surface area contributed by atoms with E-state index in [9.17, 15) is 4.79 Å². The summed E-state index contributed by atoms with van der Waals surface area (Å²) in [4.78, 5) is 14.7. The molecule has 0 spiro atoms. The Labute approximate surface area is 133 Å². The molecule has 22 heavy (non-hydrogen) atoms. The number of hydrogen-bond donors (Lipinski definition) is 1. The van der Waals surface area contributed by atoms with E-state index < -0.39 is 0 Å². The molecule has 1 aromatic carbocycles. The molecule has 4 nitrogen and oxygen atoms in total. The summed E-state index contributed by atoms with van der Waals surface area (Å²) in [7, 11) is 1.65. The molecule has 0 aliphatic carbocycles. The maximum Gasteiger partial charge on any atom is 0.226 e. The van der Waals surface area contributed by atoms with Crippen molar-refractivity contribution in [1.29, 1.82) is 0 Å². The molecule has 1 fully saturated rings. The predicted octanol–water partition coefficient (Wildman–Crippen LogP) is 2.60. The number of nitrogens with zero attached hydrogens (tertiary/aromatic N) is 1. The summed E-state index contributed by atoms with van der Waals surface area (Å²) in [5, 5.41) is 3.40. The Hall–Kier alpha value is -1.81. The monoisotopic (exact) mass is 302 g/mol. The molecule has 1 N–H and O–H groups in total. The van der Waals surface area contributed by atoms with Gasteiger partial charge in [0.25, 0.3) is 0 Å². The Bertz CT molecular complexity index is 498. The molecule has 0 saturated carbocycles. The molecule has 2 atom stereocenters. The van der Waals surface area contributed by atoms with Gasteiger partial charge in [-0.25, -0.2) is 0 Å². The Balaban J connectivity index is 2.04. The molecule has 0 unspecified atom stereocenters. The maximum absolute atomic E-state index is 12.8. The third kappa shape index (κ3) is 4.34. The van der Waals surface area contributed by atoms with Crippen LogP contribution in [0.4, 0.5) is 0 Å². The first-order chi connectivity index (χ1) is 10.6. The van der Waals surface area contributed by atoms with Crippen molar-refractivity contribution in [2.24, 2.45) is 5.92 Å². The van der Waals surface area contributed by atoms with Gasteiger partial charge >= 0.3 is 0 Å². The van der Waals surface area contributed by atoms with E-state index in [2.05, 4.69) is 18.8 Å². The van der Waals surface area contributed by atoms with Crippen LogP contribution in [0.1, 0.15) is 25.3 Å². The lowest BCUT2D eigenvalue weighted by Crippen LogP contribution is -2.44. The smallest absolute Gasteiger partial charge is 0.226 e. The Morgan fingerprint density at radius 3 is 2.77 bits per heavy atom. The predicted molar refractivity (Wildman–Crippen MR) is 88.8 cm³/mol. The van der Waals surface area contributed by atoms with E-state index in [-0.39, 0.29) is 11.8 Å². The van der Waals surface area contributed by atoms with Gasteiger partial charge in [0.1, 0.15) is 5.75 Å². The lowest BCUT2D eigenvalue weighted by atomic mass is 9.92. The van der Waals surface area contributed by atoms with Gasteiger partial charge < -0.3 is 15.0 Å². The van der Waals surface area contributed by atoms with Gasteiger partial charge in [-0.05, 0) is 44.0 Å². The molecule has 2 rings (SSSR count). The van der Waals surface area contributed by atoms with E-state index in [1.54, 1.807) is 13.2 Å². The summed E-state index contributed by atoms with van der Waals surface area (Å²) in [6, 6.07) is 8.28. The quantitative estimate of drug-likeness (QED) is 0.821. The Morgan fingerprint density at radius 2 is 2.18 bits per heavy atom. The van der Waals surface area contributed by atoms with Crippen LogP contribution in [0.5, 0.6) is 5.75 Å². The summed E-state index contributed by atoms with van der Waals surface area (Å²) >= 11 is 0. The standard InChI is InChI=1S/C18H26N2O2/c1-4-11-20(13-15-5-7-17(22-3)8-6-15)18(21)16-9-10-19-14(2)12-16/h4-8,14,16,19H,1,9-13H2,2-3H3/t14-,16-/m0/s1. The van der Waals surface area contributed by atoms with Crippen molar-refractivity contribution in [2.45, 2.75) is 32.4 Å². The Kier molecular flexibility index (Phi) is 6.01. The normalized spacial score (nSPS) is 21.2. The first kappa shape index (κ1) is 16.6. The molecule has 0 bridgehead atoms. The zero-order valence-corrected chi connectivity index (χ0v) is 13.5. The molecule has 1 aliphatic heterocycles. The lowest BCUT2D eigenvalue weighted by Gasteiger charge is -2.31. The first-order valence-electron chi connectivity index (χ1n) is 7.90. The van der Waals surface area contributed by atoms with Crippen molar-refractivity contribution in [3.05, 3.63) is 42.5 Å². The van der Waals surface area contributed by atoms with Crippen LogP contribution in [0.15, 0.2) is 36.9 Å². The fraction of sp³-hybridized carbons (Fsp3) is 0.500. The van der Waals surface area contributed by atoms with Gasteiger partial charge in [0.15, 0.2) is 0 Å². The number of piperidine rings is 1. The van der Waals surface area contributed by atoms with Crippen LogP contribution in [0, 0.1) is 5.92 Å². The molecule has 1 amide bonds. The molecule has 4 heteroatoms. The summed E-state index contributed by atoms with van der Waals surface area (Å²) in [6.07, 6.45) is 3.63. The van der Waals surface area contributed by atoms with Crippen LogP contribution in [-0.2, 0) is 11.3 Å². The van der Waals surface area contributed by atoms with Gasteiger partial charge in [0, 0.05) is 25.0 Å². The van der Waals surface area contributed by atoms with E-state index in [1.807, 2.05) is 29.2 Å². The van der Waals surface area contributed by atoms with Crippen molar-refractivity contribution in [3.63, 3.8) is 0 Å². The average molecular weight is 302 g/mol. The largest absolute Gasteiger partial charge is 0.497 e. The molecule has 1 aromatic rings. The number of benzene rings is 1. The van der Waals surface area contributed by atoms with Crippen molar-refractivity contribution in [2.75, 3.05) is 20.2 Å². The topological polar surface area (TPSA) is 41.6 Å². The molecule has 1 aliphatic rings. The molecule has 120 valence electrons. The van der Waals surface area contributed by atoms with Gasteiger partial charge in [0.05, 0.1) is 7.11 Å². The van der Waals surface area contributed by atoms with E-state index >= 15 is 0 Å². The zero-order chi connectivity index (χ0) is 15.9. The third-order valence-corrected chi connectivity index (χ3v) is 4.17. The number of carbonyl (C=O) groups is 1. The van der Waals surface area contributed by atoms with Crippen LogP contribution in [0.3, 0.4) is 0 Å². The zero-order valence-electron chi connectivity index (χ0n) is 13.5. The van der Waals surface area contributed by atoms with E-state index in [0.29, 0.717) is 19.1 Å². The van der Waals surface area contributed by atoms with Crippen molar-refractivity contribution >= 4 is 5.91 Å². The van der Waals surface area contributed by atoms with Crippen LogP contribution in [-0.4, -0.2) is 37.0 Å². The van der Waals surface area contributed by atoms with Crippen LogP contribution in [0.25, 0.3) is 0 Å². The van der Waals surface area contributed by atoms with Gasteiger partial charge in [0.2, 0.25) is 5.91 Å². The van der Waals surface area contributed by atoms with Crippen LogP contribution >= 0.6 is 0 Å². The second-order valence-electron chi connectivity index (χ2n) is 5.93. The third-order valence-electron chi connectivity index (χ3n) is 4.17. The summed E-state index contributed by atoms with van der Waals surface area (Å²) in [6.45, 7) is 8.05. The molecular weight excluding hydrogens is 276 g/mol. The molecular formula is C18H26N2O2. The number of methoxy groups -OCH3 is 1. The second-order valence-corrected chi connectivity index (χ2v) is 5.93.